The van der Waals surface area contributed by atoms with Crippen LogP contribution in [0.3, 0.4) is 0 Å². The Balaban J connectivity index is 2.35. The fraction of sp³-hybridized carbons (Fsp3) is 1.00. The number of nitrogens with one attached hydrogen (secondary N) is 1. The Morgan fingerprint density at radius 3 is 2.60 bits per heavy atom. The molecule has 0 aliphatic heterocycles. The van der Waals surface area contributed by atoms with Gasteiger partial charge in [-0.1, -0.05) is 19.3 Å². The second-order valence-electron chi connectivity index (χ2n) is 3.05. The van der Waals surface area contributed by atoms with E-state index in [1.807, 2.05) is 7.05 Å². The first-order valence-electron chi connectivity index (χ1n) is 4.16. The summed E-state index contributed by atoms with van der Waals surface area (Å²) in [5.41, 5.74) is 0. The van der Waals surface area contributed by atoms with Crippen LogP contribution in [0, 0.1) is 0 Å². The standard InChI is InChI=1S/C8H16ClN/c1-10-8-6-4-2-3-5-7(8)9/h7-8,10H,2-6H2,1H3. The molecule has 10 heavy (non-hydrogen) atoms. The molecule has 1 aliphatic carbocycles. The van der Waals surface area contributed by atoms with E-state index in [1.54, 1.807) is 0 Å². The zero-order valence-electron chi connectivity index (χ0n) is 6.57. The summed E-state index contributed by atoms with van der Waals surface area (Å²) in [5.74, 6) is 0. The van der Waals surface area contributed by atoms with Crippen molar-refractivity contribution < 1.29 is 0 Å². The molecule has 0 aromatic carbocycles. The van der Waals surface area contributed by atoms with Crippen molar-refractivity contribution in [2.24, 2.45) is 0 Å². The van der Waals surface area contributed by atoms with E-state index in [0.717, 1.165) is 0 Å². The Kier molecular flexibility index (Phi) is 3.50. The molecule has 1 nitrogen and oxygen atoms in total. The second kappa shape index (κ2) is 4.20. The first-order chi connectivity index (χ1) is 4.84. The van der Waals surface area contributed by atoms with Crippen molar-refractivity contribution in [3.63, 3.8) is 0 Å². The zero-order valence-corrected chi connectivity index (χ0v) is 7.32. The molecule has 1 saturated carbocycles. The lowest BCUT2D eigenvalue weighted by atomic mass is 10.1. The molecule has 0 aromatic rings. The molecule has 1 rings (SSSR count). The predicted octanol–water partition coefficient (Wildman–Crippen LogP) is 2.15. The minimum Gasteiger partial charge on any atom is -0.316 e. The number of alkyl halides is 1. The topological polar surface area (TPSA) is 12.0 Å². The van der Waals surface area contributed by atoms with Gasteiger partial charge in [0.05, 0.1) is 0 Å². The highest BCUT2D eigenvalue weighted by atomic mass is 35.5. The van der Waals surface area contributed by atoms with Crippen LogP contribution in [0.4, 0.5) is 0 Å². The molecule has 2 unspecified atom stereocenters. The van der Waals surface area contributed by atoms with Gasteiger partial charge in [-0.05, 0) is 19.9 Å². The van der Waals surface area contributed by atoms with Gasteiger partial charge in [-0.15, -0.1) is 11.6 Å². The molecule has 0 heterocycles. The number of hydrogen-bond acceptors (Lipinski definition) is 1. The molecule has 0 bridgehead atoms. The van der Waals surface area contributed by atoms with Crippen molar-refractivity contribution in [2.75, 3.05) is 7.05 Å². The molecule has 0 amide bonds. The normalized spacial score (nSPS) is 35.4. The zero-order chi connectivity index (χ0) is 7.40. The molecule has 0 saturated heterocycles. The first-order valence-corrected chi connectivity index (χ1v) is 4.59. The first kappa shape index (κ1) is 8.35. The van der Waals surface area contributed by atoms with Crippen LogP contribution in [0.15, 0.2) is 0 Å². The average Bonchev–Trinajstić information content (AvgIpc) is 2.13. The highest BCUT2D eigenvalue weighted by Gasteiger charge is 2.19. The minimum absolute atomic E-state index is 0.368. The van der Waals surface area contributed by atoms with Gasteiger partial charge in [0.25, 0.3) is 0 Å². The van der Waals surface area contributed by atoms with Crippen LogP contribution in [0.1, 0.15) is 32.1 Å². The highest BCUT2D eigenvalue weighted by Crippen LogP contribution is 2.21. The van der Waals surface area contributed by atoms with Crippen LogP contribution >= 0.6 is 11.6 Å². The van der Waals surface area contributed by atoms with Gasteiger partial charge in [-0.25, -0.2) is 0 Å². The molecule has 1 fully saturated rings. The van der Waals surface area contributed by atoms with E-state index in [0.29, 0.717) is 11.4 Å². The van der Waals surface area contributed by atoms with E-state index in [2.05, 4.69) is 5.32 Å². The smallest absolute Gasteiger partial charge is 0.0489 e. The summed E-state index contributed by atoms with van der Waals surface area (Å²) >= 11 is 6.12. The van der Waals surface area contributed by atoms with Crippen molar-refractivity contribution in [3.8, 4) is 0 Å². The van der Waals surface area contributed by atoms with Crippen LogP contribution in [0.25, 0.3) is 0 Å². The number of halogens is 1. The van der Waals surface area contributed by atoms with E-state index in [4.69, 9.17) is 11.6 Å². The fourth-order valence-electron chi connectivity index (χ4n) is 1.59. The van der Waals surface area contributed by atoms with Crippen molar-refractivity contribution >= 4 is 11.6 Å². The van der Waals surface area contributed by atoms with E-state index in [1.165, 1.54) is 32.1 Å². The molecule has 1 N–H and O–H groups in total. The lowest BCUT2D eigenvalue weighted by Gasteiger charge is -2.17. The fourth-order valence-corrected chi connectivity index (χ4v) is 1.99. The molecule has 1 aliphatic rings. The Bertz CT molecular complexity index is 95.3. The van der Waals surface area contributed by atoms with Gasteiger partial charge in [0.15, 0.2) is 0 Å². The van der Waals surface area contributed by atoms with Gasteiger partial charge in [0.2, 0.25) is 0 Å². The van der Waals surface area contributed by atoms with Gasteiger partial charge in [-0.2, -0.15) is 0 Å². The maximum absolute atomic E-state index is 6.12. The van der Waals surface area contributed by atoms with Crippen LogP contribution in [0.2, 0.25) is 0 Å². The molecule has 0 spiro atoms. The van der Waals surface area contributed by atoms with Crippen LogP contribution in [-0.4, -0.2) is 18.5 Å². The third-order valence-electron chi connectivity index (χ3n) is 2.30. The summed E-state index contributed by atoms with van der Waals surface area (Å²) in [6, 6.07) is 0.559. The summed E-state index contributed by atoms with van der Waals surface area (Å²) in [7, 11) is 2.01. The highest BCUT2D eigenvalue weighted by molar-refractivity contribution is 6.21. The molecule has 0 radical (unpaired) electrons. The molecule has 0 aromatic heterocycles. The van der Waals surface area contributed by atoms with Crippen LogP contribution in [-0.2, 0) is 0 Å². The second-order valence-corrected chi connectivity index (χ2v) is 3.61. The van der Waals surface area contributed by atoms with Crippen molar-refractivity contribution in [3.05, 3.63) is 0 Å². The number of hydrogen-bond donors (Lipinski definition) is 1. The summed E-state index contributed by atoms with van der Waals surface area (Å²) in [4.78, 5) is 0. The lowest BCUT2D eigenvalue weighted by Crippen LogP contribution is -2.33. The monoisotopic (exact) mass is 161 g/mol. The third kappa shape index (κ3) is 2.14. The van der Waals surface area contributed by atoms with E-state index in [9.17, 15) is 0 Å². The summed E-state index contributed by atoms with van der Waals surface area (Å²) < 4.78 is 0. The molecule has 2 atom stereocenters. The van der Waals surface area contributed by atoms with Gasteiger partial charge in [-0.3, -0.25) is 0 Å². The molecule has 60 valence electrons. The largest absolute Gasteiger partial charge is 0.316 e. The van der Waals surface area contributed by atoms with E-state index in [-0.39, 0.29) is 0 Å². The van der Waals surface area contributed by atoms with Crippen molar-refractivity contribution in [1.29, 1.82) is 0 Å². The minimum atomic E-state index is 0.368. The van der Waals surface area contributed by atoms with Crippen molar-refractivity contribution in [1.82, 2.24) is 5.32 Å². The SMILES string of the molecule is CNC1CCCCCC1Cl. The summed E-state index contributed by atoms with van der Waals surface area (Å²) in [5, 5.41) is 3.63. The number of rotatable bonds is 1. The van der Waals surface area contributed by atoms with Crippen molar-refractivity contribution in [2.45, 2.75) is 43.5 Å². The van der Waals surface area contributed by atoms with Gasteiger partial charge >= 0.3 is 0 Å². The molecular formula is C8H16ClN. The maximum atomic E-state index is 6.12. The van der Waals surface area contributed by atoms with Gasteiger partial charge in [0.1, 0.15) is 0 Å². The third-order valence-corrected chi connectivity index (χ3v) is 2.82. The predicted molar refractivity (Wildman–Crippen MR) is 45.6 cm³/mol. The average molecular weight is 162 g/mol. The maximum Gasteiger partial charge on any atom is 0.0489 e. The quantitative estimate of drug-likeness (QED) is 0.459. The molecule has 2 heteroatoms. The lowest BCUT2D eigenvalue weighted by molar-refractivity contribution is 0.505. The van der Waals surface area contributed by atoms with E-state index < -0.39 is 0 Å². The summed E-state index contributed by atoms with van der Waals surface area (Å²) in [6.45, 7) is 0. The Labute approximate surface area is 68.1 Å². The van der Waals surface area contributed by atoms with E-state index >= 15 is 0 Å². The molecular weight excluding hydrogens is 146 g/mol. The Morgan fingerprint density at radius 2 is 1.90 bits per heavy atom. The van der Waals surface area contributed by atoms with Crippen LogP contribution < -0.4 is 5.32 Å². The van der Waals surface area contributed by atoms with Gasteiger partial charge in [0, 0.05) is 11.4 Å². The van der Waals surface area contributed by atoms with Crippen LogP contribution in [0.5, 0.6) is 0 Å². The van der Waals surface area contributed by atoms with Gasteiger partial charge < -0.3 is 5.32 Å². The summed E-state index contributed by atoms with van der Waals surface area (Å²) in [6.07, 6.45) is 6.46. The Hall–Kier alpha value is 0.250. The Morgan fingerprint density at radius 1 is 1.20 bits per heavy atom.